The molecule has 0 saturated carbocycles. The van der Waals surface area contributed by atoms with Gasteiger partial charge in [0, 0.05) is 23.2 Å². The number of rotatable bonds is 8. The normalized spacial score (nSPS) is 18.7. The predicted octanol–water partition coefficient (Wildman–Crippen LogP) is 5.37. The van der Waals surface area contributed by atoms with Gasteiger partial charge in [-0.2, -0.15) is 13.2 Å². The maximum atomic E-state index is 13.5. The topological polar surface area (TPSA) is 89.6 Å². The lowest BCUT2D eigenvalue weighted by atomic mass is 9.99. The van der Waals surface area contributed by atoms with E-state index in [4.69, 9.17) is 5.73 Å². The van der Waals surface area contributed by atoms with E-state index in [1.165, 1.54) is 12.3 Å². The molecule has 2 unspecified atom stereocenters. The van der Waals surface area contributed by atoms with Crippen molar-refractivity contribution in [1.82, 2.24) is 4.98 Å². The van der Waals surface area contributed by atoms with Gasteiger partial charge >= 0.3 is 12.3 Å². The van der Waals surface area contributed by atoms with Gasteiger partial charge in [-0.1, -0.05) is 33.1 Å². The Morgan fingerprint density at radius 3 is 2.72 bits per heavy atom. The summed E-state index contributed by atoms with van der Waals surface area (Å²) in [6.45, 7) is 5.97. The van der Waals surface area contributed by atoms with Crippen LogP contribution in [0.2, 0.25) is 0 Å². The Morgan fingerprint density at radius 1 is 1.38 bits per heavy atom. The molecule has 2 heterocycles. The molecule has 0 fully saturated rings. The molecule has 0 saturated heterocycles. The third kappa shape index (κ3) is 5.95. The van der Waals surface area contributed by atoms with Crippen molar-refractivity contribution in [3.05, 3.63) is 29.5 Å². The average Bonchev–Trinajstić information content (AvgIpc) is 2.64. The Morgan fingerprint density at radius 2 is 2.10 bits per heavy atom. The second-order valence-corrected chi connectivity index (χ2v) is 7.03. The lowest BCUT2D eigenvalue weighted by Crippen LogP contribution is -2.35. The molecule has 1 aromatic rings. The number of nitrogens with zero attached hydrogens (tertiary/aromatic N) is 2. The first-order valence-corrected chi connectivity index (χ1v) is 9.72. The van der Waals surface area contributed by atoms with Crippen LogP contribution >= 0.6 is 0 Å². The van der Waals surface area contributed by atoms with Gasteiger partial charge in [-0.25, -0.2) is 9.78 Å². The van der Waals surface area contributed by atoms with Crippen molar-refractivity contribution in [3.8, 4) is 0 Å². The number of cyclic esters (lactones) is 1. The lowest BCUT2D eigenvalue weighted by Gasteiger charge is -2.28. The van der Waals surface area contributed by atoms with Crippen molar-refractivity contribution in [2.75, 3.05) is 5.32 Å². The number of aromatic nitrogens is 1. The quantitative estimate of drug-likeness (QED) is 0.562. The minimum absolute atomic E-state index is 0.102. The van der Waals surface area contributed by atoms with Crippen LogP contribution in [0.3, 0.4) is 0 Å². The van der Waals surface area contributed by atoms with Crippen molar-refractivity contribution in [2.24, 2.45) is 10.7 Å². The number of aliphatic imine (C=N–C) groups is 1. The number of hydrogen-bond acceptors (Lipinski definition) is 5. The fraction of sp³-hybridized carbons (Fsp3) is 0.550. The number of fused-ring (bicyclic) bond motifs is 1. The Balaban J connectivity index is 2.40. The highest BCUT2D eigenvalue weighted by Crippen LogP contribution is 2.43. The second-order valence-electron chi connectivity index (χ2n) is 7.03. The largest absolute Gasteiger partial charge is 0.431 e. The zero-order chi connectivity index (χ0) is 21.6. The molecule has 1 aliphatic rings. The minimum atomic E-state index is -4.79. The molecule has 29 heavy (non-hydrogen) atoms. The molecular weight excluding hydrogens is 385 g/mol. The molecule has 160 valence electrons. The number of anilines is 1. The molecule has 1 amide bonds. The zero-order valence-corrected chi connectivity index (χ0v) is 16.8. The fourth-order valence-electron chi connectivity index (χ4n) is 3.29. The maximum Gasteiger partial charge on any atom is 0.430 e. The van der Waals surface area contributed by atoms with Crippen molar-refractivity contribution in [1.29, 1.82) is 0 Å². The number of pyridine rings is 1. The van der Waals surface area contributed by atoms with E-state index in [2.05, 4.69) is 33.9 Å². The monoisotopic (exact) mass is 412 g/mol. The van der Waals surface area contributed by atoms with Crippen LogP contribution in [0.4, 0.5) is 23.8 Å². The van der Waals surface area contributed by atoms with Gasteiger partial charge in [0.05, 0.1) is 11.6 Å². The molecule has 1 aromatic heterocycles. The van der Waals surface area contributed by atoms with Crippen LogP contribution in [0, 0.1) is 0 Å². The second kappa shape index (κ2) is 9.76. The average molecular weight is 412 g/mol. The molecule has 2 atom stereocenters. The SMILES string of the molecule is CCCCC(CCC)N=C(C)/C=C(\N)c1ccnc2c1C(C(F)(F)F)OC(=O)N2. The van der Waals surface area contributed by atoms with E-state index < -0.39 is 18.4 Å². The highest BCUT2D eigenvalue weighted by Gasteiger charge is 2.49. The van der Waals surface area contributed by atoms with Crippen LogP contribution in [-0.4, -0.2) is 29.0 Å². The summed E-state index contributed by atoms with van der Waals surface area (Å²) in [4.78, 5) is 20.0. The van der Waals surface area contributed by atoms with Crippen LogP contribution in [-0.2, 0) is 4.74 Å². The van der Waals surface area contributed by atoms with Gasteiger partial charge in [0.15, 0.2) is 0 Å². The van der Waals surface area contributed by atoms with Crippen LogP contribution in [0.5, 0.6) is 0 Å². The molecule has 0 aromatic carbocycles. The summed E-state index contributed by atoms with van der Waals surface area (Å²) in [5.74, 6) is -0.209. The lowest BCUT2D eigenvalue weighted by molar-refractivity contribution is -0.206. The first-order valence-electron chi connectivity index (χ1n) is 9.72. The van der Waals surface area contributed by atoms with Gasteiger partial charge in [0.2, 0.25) is 6.10 Å². The standard InChI is InChI=1S/C20H27F3N4O2/c1-4-6-8-13(7-5-2)26-12(3)11-15(24)14-9-10-25-18-16(14)17(20(21,22)23)29-19(28)27-18/h9-11,13,17H,4-8,24H2,1-3H3,(H,25,27,28)/b15-11-,26-12?. The molecule has 2 rings (SSSR count). The summed E-state index contributed by atoms with van der Waals surface area (Å²) >= 11 is 0. The number of carbonyl (C=O) groups is 1. The number of unbranched alkanes of at least 4 members (excludes halogenated alkanes) is 1. The van der Waals surface area contributed by atoms with E-state index in [0.717, 1.165) is 32.1 Å². The molecule has 3 N–H and O–H groups in total. The van der Waals surface area contributed by atoms with Gasteiger partial charge in [0.25, 0.3) is 0 Å². The van der Waals surface area contributed by atoms with E-state index in [-0.39, 0.29) is 28.7 Å². The summed E-state index contributed by atoms with van der Waals surface area (Å²) in [5.41, 5.74) is 6.66. The van der Waals surface area contributed by atoms with Crippen LogP contribution in [0.25, 0.3) is 5.70 Å². The van der Waals surface area contributed by atoms with Gasteiger partial charge in [0.1, 0.15) is 5.82 Å². The number of allylic oxidation sites excluding steroid dienone is 1. The maximum absolute atomic E-state index is 13.5. The van der Waals surface area contributed by atoms with E-state index >= 15 is 0 Å². The molecule has 0 spiro atoms. The number of hydrogen-bond donors (Lipinski definition) is 2. The molecule has 0 aliphatic carbocycles. The number of alkyl halides is 3. The summed E-state index contributed by atoms with van der Waals surface area (Å²) in [6.07, 6.45) is -0.576. The van der Waals surface area contributed by atoms with Crippen molar-refractivity contribution >= 4 is 23.3 Å². The number of nitrogens with two attached hydrogens (primary N) is 1. The van der Waals surface area contributed by atoms with Gasteiger partial charge in [-0.3, -0.25) is 10.3 Å². The number of carbonyl (C=O) groups excluding carboxylic acids is 1. The fourth-order valence-corrected chi connectivity index (χ4v) is 3.29. The molecule has 6 nitrogen and oxygen atoms in total. The van der Waals surface area contributed by atoms with E-state index in [1.807, 2.05) is 0 Å². The Kier molecular flexibility index (Phi) is 7.64. The van der Waals surface area contributed by atoms with Gasteiger partial charge < -0.3 is 10.5 Å². The zero-order valence-electron chi connectivity index (χ0n) is 16.8. The third-order valence-electron chi connectivity index (χ3n) is 4.57. The van der Waals surface area contributed by atoms with E-state index in [0.29, 0.717) is 5.71 Å². The number of halogens is 3. The Bertz CT molecular complexity index is 790. The molecule has 1 aliphatic heterocycles. The van der Waals surface area contributed by atoms with Crippen molar-refractivity contribution in [3.63, 3.8) is 0 Å². The van der Waals surface area contributed by atoms with Gasteiger partial charge in [-0.15, -0.1) is 0 Å². The van der Waals surface area contributed by atoms with Crippen molar-refractivity contribution < 1.29 is 22.7 Å². The number of ether oxygens (including phenoxy) is 1. The predicted molar refractivity (Wildman–Crippen MR) is 107 cm³/mol. The minimum Gasteiger partial charge on any atom is -0.431 e. The molecular formula is C20H27F3N4O2. The van der Waals surface area contributed by atoms with Crippen LogP contribution < -0.4 is 11.1 Å². The van der Waals surface area contributed by atoms with Crippen LogP contribution in [0.15, 0.2) is 23.3 Å². The first kappa shape index (κ1) is 22.7. The summed E-state index contributed by atoms with van der Waals surface area (Å²) in [5, 5.41) is 2.20. The van der Waals surface area contributed by atoms with Crippen molar-refractivity contribution in [2.45, 2.75) is 71.2 Å². The van der Waals surface area contributed by atoms with E-state index in [9.17, 15) is 18.0 Å². The third-order valence-corrected chi connectivity index (χ3v) is 4.57. The summed E-state index contributed by atoms with van der Waals surface area (Å²) < 4.78 is 44.9. The van der Waals surface area contributed by atoms with E-state index in [1.54, 1.807) is 13.0 Å². The highest BCUT2D eigenvalue weighted by molar-refractivity contribution is 5.99. The summed E-state index contributed by atoms with van der Waals surface area (Å²) in [6, 6.07) is 1.53. The first-order chi connectivity index (χ1) is 13.7. The molecule has 0 bridgehead atoms. The molecule has 9 heteroatoms. The van der Waals surface area contributed by atoms with Gasteiger partial charge in [-0.05, 0) is 31.9 Å². The Labute approximate surface area is 168 Å². The van der Waals surface area contributed by atoms with Crippen LogP contribution in [0.1, 0.15) is 70.1 Å². The smallest absolute Gasteiger partial charge is 0.430 e. The molecule has 0 radical (unpaired) electrons. The number of nitrogens with one attached hydrogen (secondary N) is 1. The summed E-state index contributed by atoms with van der Waals surface area (Å²) in [7, 11) is 0. The number of amides is 1. The highest BCUT2D eigenvalue weighted by atomic mass is 19.4. The Hall–Kier alpha value is -2.58.